The number of ether oxygens (including phenoxy) is 2. The Kier molecular flexibility index (Phi) is 3.51. The number of carbonyl (C=O) groups excluding carboxylic acids is 1. The molecule has 0 fully saturated rings. The van der Waals surface area contributed by atoms with Gasteiger partial charge in [0.2, 0.25) is 5.90 Å². The number of fused-ring (bicyclic) bond motifs is 1. The second-order valence-corrected chi connectivity index (χ2v) is 4.80. The minimum atomic E-state index is -0.430. The Hall–Kier alpha value is -2.50. The van der Waals surface area contributed by atoms with E-state index in [9.17, 15) is 4.79 Å². The molecule has 6 heteroatoms. The predicted octanol–water partition coefficient (Wildman–Crippen LogP) is 2.30. The first-order chi connectivity index (χ1) is 10.3. The van der Waals surface area contributed by atoms with Crippen molar-refractivity contribution < 1.29 is 19.1 Å². The van der Waals surface area contributed by atoms with E-state index < -0.39 is 6.09 Å². The number of benzene rings is 1. The summed E-state index contributed by atoms with van der Waals surface area (Å²) in [6.07, 6.45) is 2.79. The highest BCUT2D eigenvalue weighted by atomic mass is 16.7. The fourth-order valence-electron chi connectivity index (χ4n) is 2.76. The fourth-order valence-corrected chi connectivity index (χ4v) is 2.76. The maximum absolute atomic E-state index is 12.1. The van der Waals surface area contributed by atoms with Crippen LogP contribution in [0.3, 0.4) is 0 Å². The summed E-state index contributed by atoms with van der Waals surface area (Å²) in [4.78, 5) is 19.0. The number of nitrogens with zero attached hydrogens (tertiary/aromatic N) is 2. The van der Waals surface area contributed by atoms with Gasteiger partial charge < -0.3 is 14.3 Å². The first-order valence-electron chi connectivity index (χ1n) is 6.63. The van der Waals surface area contributed by atoms with Crippen LogP contribution in [0.2, 0.25) is 0 Å². The second-order valence-electron chi connectivity index (χ2n) is 4.80. The maximum Gasteiger partial charge on any atom is 0.414 e. The third-order valence-corrected chi connectivity index (χ3v) is 3.72. The lowest BCUT2D eigenvalue weighted by Crippen LogP contribution is -2.44. The van der Waals surface area contributed by atoms with Gasteiger partial charge in [-0.2, -0.15) is 0 Å². The monoisotopic (exact) mass is 288 g/mol. The molecule has 0 aromatic heterocycles. The van der Waals surface area contributed by atoms with E-state index in [-0.39, 0.29) is 18.1 Å². The van der Waals surface area contributed by atoms with E-state index in [0.29, 0.717) is 5.90 Å². The van der Waals surface area contributed by atoms with Gasteiger partial charge in [-0.15, -0.1) is 0 Å². The molecule has 2 aliphatic rings. The van der Waals surface area contributed by atoms with Gasteiger partial charge in [0.25, 0.3) is 0 Å². The predicted molar refractivity (Wildman–Crippen MR) is 75.4 cm³/mol. The average molecular weight is 288 g/mol. The van der Waals surface area contributed by atoms with E-state index in [0.717, 1.165) is 5.56 Å². The van der Waals surface area contributed by atoms with Crippen LogP contribution in [-0.2, 0) is 14.3 Å². The molecular weight excluding hydrogens is 272 g/mol. The number of rotatable bonds is 1. The van der Waals surface area contributed by atoms with Gasteiger partial charge in [0.15, 0.2) is 6.10 Å². The molecule has 2 aliphatic heterocycles. The highest BCUT2D eigenvalue weighted by Gasteiger charge is 2.47. The normalized spacial score (nSPS) is 26.7. The highest BCUT2D eigenvalue weighted by molar-refractivity contribution is 5.83. The van der Waals surface area contributed by atoms with Gasteiger partial charge in [-0.3, -0.25) is 4.90 Å². The third-order valence-electron chi connectivity index (χ3n) is 3.72. The van der Waals surface area contributed by atoms with Crippen LogP contribution in [0.15, 0.2) is 47.8 Å². The van der Waals surface area contributed by atoms with Gasteiger partial charge in [-0.25, -0.2) is 4.79 Å². The van der Waals surface area contributed by atoms with E-state index in [1.54, 1.807) is 24.3 Å². The molecule has 21 heavy (non-hydrogen) atoms. The Balaban J connectivity index is 2.05. The molecule has 0 N–H and O–H groups in total. The van der Waals surface area contributed by atoms with Crippen molar-refractivity contribution in [2.75, 3.05) is 14.2 Å². The van der Waals surface area contributed by atoms with Crippen LogP contribution in [0.1, 0.15) is 11.6 Å². The zero-order valence-electron chi connectivity index (χ0n) is 11.8. The minimum absolute atomic E-state index is 0.193. The van der Waals surface area contributed by atoms with Gasteiger partial charge in [0, 0.05) is 6.20 Å². The summed E-state index contributed by atoms with van der Waals surface area (Å²) < 4.78 is 10.2. The van der Waals surface area contributed by atoms with E-state index in [4.69, 9.17) is 14.3 Å². The minimum Gasteiger partial charge on any atom is -0.482 e. The first kappa shape index (κ1) is 13.5. The Morgan fingerprint density at radius 2 is 2.05 bits per heavy atom. The Bertz CT molecular complexity index is 585. The van der Waals surface area contributed by atoms with Crippen molar-refractivity contribution in [3.63, 3.8) is 0 Å². The molecule has 3 unspecified atom stereocenters. The van der Waals surface area contributed by atoms with Crippen LogP contribution in [-0.4, -0.2) is 37.2 Å². The van der Waals surface area contributed by atoms with Crippen LogP contribution in [0.25, 0.3) is 0 Å². The number of hydrogen-bond acceptors (Lipinski definition) is 5. The molecule has 110 valence electrons. The van der Waals surface area contributed by atoms with Crippen molar-refractivity contribution >= 4 is 12.0 Å². The molecule has 0 saturated heterocycles. The van der Waals surface area contributed by atoms with E-state index in [2.05, 4.69) is 5.16 Å². The second kappa shape index (κ2) is 5.47. The molecule has 0 bridgehead atoms. The quantitative estimate of drug-likeness (QED) is 0.795. The van der Waals surface area contributed by atoms with E-state index >= 15 is 0 Å². The lowest BCUT2D eigenvalue weighted by molar-refractivity contribution is 0.0523. The lowest BCUT2D eigenvalue weighted by atomic mass is 9.85. The van der Waals surface area contributed by atoms with Crippen molar-refractivity contribution in [3.8, 4) is 0 Å². The lowest BCUT2D eigenvalue weighted by Gasteiger charge is -2.36. The number of amides is 1. The van der Waals surface area contributed by atoms with Gasteiger partial charge in [0.1, 0.15) is 5.92 Å². The van der Waals surface area contributed by atoms with Crippen LogP contribution in [0.4, 0.5) is 4.79 Å². The molecule has 0 spiro atoms. The topological polar surface area (TPSA) is 60.4 Å². The van der Waals surface area contributed by atoms with Crippen LogP contribution < -0.4 is 0 Å². The summed E-state index contributed by atoms with van der Waals surface area (Å²) in [6, 6.07) is 9.42. The van der Waals surface area contributed by atoms with E-state index in [1.807, 2.05) is 30.3 Å². The number of methoxy groups -OCH3 is 2. The Morgan fingerprint density at radius 3 is 2.71 bits per heavy atom. The smallest absolute Gasteiger partial charge is 0.414 e. The summed E-state index contributed by atoms with van der Waals surface area (Å²) >= 11 is 0. The summed E-state index contributed by atoms with van der Waals surface area (Å²) in [5.74, 6) is 0.286. The highest BCUT2D eigenvalue weighted by Crippen LogP contribution is 2.40. The van der Waals surface area contributed by atoms with Crippen molar-refractivity contribution in [2.24, 2.45) is 11.1 Å². The van der Waals surface area contributed by atoms with Crippen LogP contribution in [0, 0.1) is 5.92 Å². The number of carbonyl (C=O) groups is 1. The zero-order valence-corrected chi connectivity index (χ0v) is 11.8. The molecule has 3 atom stereocenters. The van der Waals surface area contributed by atoms with Crippen LogP contribution in [0.5, 0.6) is 0 Å². The van der Waals surface area contributed by atoms with Crippen molar-refractivity contribution in [1.82, 2.24) is 4.90 Å². The maximum atomic E-state index is 12.1. The zero-order chi connectivity index (χ0) is 14.8. The molecule has 1 amide bonds. The Morgan fingerprint density at radius 1 is 1.29 bits per heavy atom. The number of hydrogen-bond donors (Lipinski definition) is 0. The largest absolute Gasteiger partial charge is 0.482 e. The van der Waals surface area contributed by atoms with Crippen molar-refractivity contribution in [1.29, 1.82) is 0 Å². The molecule has 0 radical (unpaired) electrons. The summed E-state index contributed by atoms with van der Waals surface area (Å²) in [5.41, 5.74) is 0.970. The average Bonchev–Trinajstić information content (AvgIpc) is 2.97. The Labute approximate surface area is 122 Å². The van der Waals surface area contributed by atoms with Gasteiger partial charge >= 0.3 is 6.09 Å². The standard InChI is InChI=1S/C15H16N2O4/c1-19-14-12-11(21-16-14)8-9-17(15(18)20-2)13(12)10-6-4-3-5-7-10/h3-9,11-13H,1-2H3. The third kappa shape index (κ3) is 2.22. The van der Waals surface area contributed by atoms with Gasteiger partial charge in [-0.05, 0) is 11.6 Å². The fraction of sp³-hybridized carbons (Fsp3) is 0.333. The molecule has 1 aromatic rings. The van der Waals surface area contributed by atoms with Crippen LogP contribution >= 0.6 is 0 Å². The van der Waals surface area contributed by atoms with Crippen molar-refractivity contribution in [2.45, 2.75) is 12.1 Å². The van der Waals surface area contributed by atoms with E-state index in [1.165, 1.54) is 7.11 Å². The first-order valence-corrected chi connectivity index (χ1v) is 6.63. The molecule has 0 saturated carbocycles. The summed E-state index contributed by atoms with van der Waals surface area (Å²) in [5, 5.41) is 3.96. The summed E-state index contributed by atoms with van der Waals surface area (Å²) in [7, 11) is 2.91. The van der Waals surface area contributed by atoms with Gasteiger partial charge in [-0.1, -0.05) is 35.5 Å². The SMILES string of the molecule is COC(=O)N1C=CC2ON=C(OC)C2C1c1ccccc1. The molecule has 0 aliphatic carbocycles. The van der Waals surface area contributed by atoms with Gasteiger partial charge in [0.05, 0.1) is 20.3 Å². The molecule has 3 rings (SSSR count). The molecule has 2 heterocycles. The molecule has 6 nitrogen and oxygen atoms in total. The van der Waals surface area contributed by atoms with Crippen molar-refractivity contribution in [3.05, 3.63) is 48.2 Å². The number of oxime groups is 1. The molecular formula is C15H16N2O4. The summed E-state index contributed by atoms with van der Waals surface area (Å²) in [6.45, 7) is 0. The molecule has 1 aromatic carbocycles.